The first kappa shape index (κ1) is 29.5. The summed E-state index contributed by atoms with van der Waals surface area (Å²) in [4.78, 5) is 0. The van der Waals surface area contributed by atoms with Crippen molar-refractivity contribution in [1.29, 1.82) is 0 Å². The first-order valence-corrected chi connectivity index (χ1v) is 11.9. The van der Waals surface area contributed by atoms with Gasteiger partial charge in [0.05, 0.1) is 0 Å². The van der Waals surface area contributed by atoms with Gasteiger partial charge < -0.3 is 24.8 Å². The van der Waals surface area contributed by atoms with E-state index in [1.54, 1.807) is 5.30 Å². The van der Waals surface area contributed by atoms with Crippen LogP contribution in [0.4, 0.5) is 0 Å². The Kier molecular flexibility index (Phi) is 14.4. The average Bonchev–Trinajstić information content (AvgIpc) is 3.33. The van der Waals surface area contributed by atoms with E-state index < -0.39 is 0 Å². The van der Waals surface area contributed by atoms with Crippen LogP contribution in [0.25, 0.3) is 21.5 Å². The van der Waals surface area contributed by atoms with Crippen LogP contribution in [0.5, 0.6) is 0 Å². The number of halogens is 2. The summed E-state index contributed by atoms with van der Waals surface area (Å²) in [6.45, 7) is 8.91. The SMILES string of the molecule is CCCP(CCC)c1cc2ccccc2[cH-]1.Cc1ccc(C)c2[cH-]ccc12.[Cl-].[Cl-].[Hf+4]. The van der Waals surface area contributed by atoms with Crippen molar-refractivity contribution in [2.45, 2.75) is 40.5 Å². The number of rotatable bonds is 5. The van der Waals surface area contributed by atoms with Gasteiger partial charge in [0, 0.05) is 0 Å². The maximum atomic E-state index is 2.41. The van der Waals surface area contributed by atoms with E-state index in [9.17, 15) is 0 Å². The summed E-state index contributed by atoms with van der Waals surface area (Å²) in [6, 6.07) is 24.4. The molecule has 0 radical (unpaired) electrons. The van der Waals surface area contributed by atoms with Gasteiger partial charge in [-0.05, 0) is 19.2 Å². The molecule has 0 N–H and O–H groups in total. The van der Waals surface area contributed by atoms with E-state index in [4.69, 9.17) is 0 Å². The Bertz CT molecular complexity index is 928. The average molecular weight is 624 g/mol. The first-order valence-electron chi connectivity index (χ1n) is 10.2. The van der Waals surface area contributed by atoms with Crippen molar-refractivity contribution in [2.24, 2.45) is 0 Å². The van der Waals surface area contributed by atoms with Gasteiger partial charge in [-0.25, -0.2) is 0 Å². The fourth-order valence-corrected chi connectivity index (χ4v) is 6.23. The van der Waals surface area contributed by atoms with Crippen molar-refractivity contribution in [3.05, 3.63) is 77.9 Å². The molecule has 0 saturated heterocycles. The van der Waals surface area contributed by atoms with Crippen molar-refractivity contribution in [1.82, 2.24) is 0 Å². The predicted molar refractivity (Wildman–Crippen MR) is 125 cm³/mol. The molecule has 158 valence electrons. The van der Waals surface area contributed by atoms with E-state index in [1.165, 1.54) is 57.8 Å². The summed E-state index contributed by atoms with van der Waals surface area (Å²) >= 11 is 0. The summed E-state index contributed by atoms with van der Waals surface area (Å²) < 4.78 is 0. The maximum absolute atomic E-state index is 2.41. The molecule has 0 bridgehead atoms. The molecule has 0 spiro atoms. The van der Waals surface area contributed by atoms with Crippen LogP contribution >= 0.6 is 7.92 Å². The second-order valence-electron chi connectivity index (χ2n) is 7.38. The Morgan fingerprint density at radius 2 is 1.47 bits per heavy atom. The zero-order valence-electron chi connectivity index (χ0n) is 18.4. The van der Waals surface area contributed by atoms with E-state index in [-0.39, 0.29) is 58.6 Å². The Labute approximate surface area is 214 Å². The standard InChI is InChI=1S/C15H20P.C11H11.2ClH.Hf/c1-3-9-16(10-4-2)15-11-13-7-5-6-8-14(13)12-15;1-8-6-7-9(2)11-5-3-4-10(8)11;;;/h5-8,11-12H,3-4,9-10H2,1-2H3;3-7H,1-2H3;2*1H;/q2*-1;;;+4/p-2. The van der Waals surface area contributed by atoms with Crippen molar-refractivity contribution >= 4 is 34.8 Å². The molecule has 0 aliphatic rings. The quantitative estimate of drug-likeness (QED) is 0.180. The fourth-order valence-electron chi connectivity index (χ4n) is 3.76. The summed E-state index contributed by atoms with van der Waals surface area (Å²) in [5.41, 5.74) is 2.74. The number of hydrogen-bond donors (Lipinski definition) is 0. The van der Waals surface area contributed by atoms with Crippen LogP contribution in [0.2, 0.25) is 0 Å². The van der Waals surface area contributed by atoms with E-state index in [2.05, 4.69) is 94.4 Å². The Morgan fingerprint density at radius 3 is 2.07 bits per heavy atom. The van der Waals surface area contributed by atoms with E-state index in [0.717, 1.165) is 0 Å². The van der Waals surface area contributed by atoms with Gasteiger partial charge in [0.1, 0.15) is 0 Å². The minimum Gasteiger partial charge on any atom is -1.00 e. The number of aryl methyl sites for hydroxylation is 2. The maximum Gasteiger partial charge on any atom is 4.00 e. The summed E-state index contributed by atoms with van der Waals surface area (Å²) in [6.07, 6.45) is 5.40. The minimum atomic E-state index is 0. The molecule has 0 nitrogen and oxygen atoms in total. The van der Waals surface area contributed by atoms with Crippen molar-refractivity contribution < 1.29 is 50.7 Å². The largest absolute Gasteiger partial charge is 4.00 e. The molecule has 4 aromatic carbocycles. The van der Waals surface area contributed by atoms with Crippen LogP contribution in [0.1, 0.15) is 37.8 Å². The molecule has 4 rings (SSSR count). The number of benzene rings is 2. The van der Waals surface area contributed by atoms with Crippen LogP contribution in [-0.2, 0) is 25.8 Å². The van der Waals surface area contributed by atoms with Gasteiger partial charge in [-0.3, -0.25) is 0 Å². The molecule has 0 aliphatic carbocycles. The van der Waals surface area contributed by atoms with Gasteiger partial charge in [0.15, 0.2) is 0 Å². The molecule has 0 amide bonds. The summed E-state index contributed by atoms with van der Waals surface area (Å²) in [5, 5.41) is 7.23. The zero-order chi connectivity index (χ0) is 19.2. The molecule has 0 aliphatic heterocycles. The van der Waals surface area contributed by atoms with Gasteiger partial charge in [-0.15, -0.1) is 68.8 Å². The molecular formula is C26H31Cl2HfP. The van der Waals surface area contributed by atoms with Crippen molar-refractivity contribution in [2.75, 3.05) is 12.3 Å². The predicted octanol–water partition coefficient (Wildman–Crippen LogP) is 1.67. The second kappa shape index (κ2) is 14.6. The molecule has 0 unspecified atom stereocenters. The summed E-state index contributed by atoms with van der Waals surface area (Å²) in [5.74, 6) is 0. The molecule has 0 fully saturated rings. The van der Waals surface area contributed by atoms with Gasteiger partial charge >= 0.3 is 25.8 Å². The molecular weight excluding hydrogens is 593 g/mol. The Morgan fingerprint density at radius 1 is 0.833 bits per heavy atom. The third-order valence-corrected chi connectivity index (χ3v) is 8.17. The van der Waals surface area contributed by atoms with Crippen LogP contribution < -0.4 is 30.1 Å². The zero-order valence-corrected chi connectivity index (χ0v) is 24.4. The Hall–Kier alpha value is -0.460. The molecule has 4 aromatic rings. The molecule has 4 heteroatoms. The van der Waals surface area contributed by atoms with Gasteiger partial charge in [0.2, 0.25) is 0 Å². The molecule has 0 atom stereocenters. The summed E-state index contributed by atoms with van der Waals surface area (Å²) in [7, 11) is 0.0972. The number of hydrogen-bond acceptors (Lipinski definition) is 0. The molecule has 0 aromatic heterocycles. The van der Waals surface area contributed by atoms with E-state index >= 15 is 0 Å². The van der Waals surface area contributed by atoms with Crippen LogP contribution in [0.3, 0.4) is 0 Å². The second-order valence-corrected chi connectivity index (χ2v) is 9.87. The monoisotopic (exact) mass is 624 g/mol. The van der Waals surface area contributed by atoms with Crippen LogP contribution in [0.15, 0.2) is 66.7 Å². The van der Waals surface area contributed by atoms with E-state index in [1.807, 2.05) is 0 Å². The van der Waals surface area contributed by atoms with Gasteiger partial charge in [-0.1, -0.05) is 59.2 Å². The smallest absolute Gasteiger partial charge is 1.00 e. The van der Waals surface area contributed by atoms with E-state index in [0.29, 0.717) is 0 Å². The van der Waals surface area contributed by atoms with Crippen molar-refractivity contribution in [3.63, 3.8) is 0 Å². The normalized spacial score (nSPS) is 10.0. The molecule has 30 heavy (non-hydrogen) atoms. The van der Waals surface area contributed by atoms with Gasteiger partial charge in [0.25, 0.3) is 0 Å². The third-order valence-electron chi connectivity index (χ3n) is 5.20. The van der Waals surface area contributed by atoms with Crippen LogP contribution in [0, 0.1) is 13.8 Å². The fraction of sp³-hybridized carbons (Fsp3) is 0.308. The third kappa shape index (κ3) is 7.30. The topological polar surface area (TPSA) is 0 Å². The Balaban J connectivity index is 0.000000535. The minimum absolute atomic E-state index is 0. The van der Waals surface area contributed by atoms with Crippen molar-refractivity contribution in [3.8, 4) is 0 Å². The first-order chi connectivity index (χ1) is 13.1. The van der Waals surface area contributed by atoms with Gasteiger partial charge in [-0.2, -0.15) is 18.2 Å². The molecule has 0 saturated carbocycles. The molecule has 0 heterocycles. The van der Waals surface area contributed by atoms with Crippen LogP contribution in [-0.4, -0.2) is 12.3 Å². The number of fused-ring (bicyclic) bond motifs is 2.